The lowest BCUT2D eigenvalue weighted by Gasteiger charge is -2.20. The van der Waals surface area contributed by atoms with Crippen molar-refractivity contribution in [3.05, 3.63) is 36.9 Å². The predicted molar refractivity (Wildman–Crippen MR) is 68.9 cm³/mol. The minimum Gasteiger partial charge on any atom is -0.331 e. The molecule has 3 heterocycles. The predicted octanol–water partition coefficient (Wildman–Crippen LogP) is 2.00. The van der Waals surface area contributed by atoms with Gasteiger partial charge in [-0.05, 0) is 12.5 Å². The van der Waals surface area contributed by atoms with Crippen LogP contribution in [-0.4, -0.2) is 31.1 Å². The largest absolute Gasteiger partial charge is 0.331 e. The van der Waals surface area contributed by atoms with Gasteiger partial charge < -0.3 is 4.98 Å². The van der Waals surface area contributed by atoms with Crippen LogP contribution in [0.2, 0.25) is 0 Å². The van der Waals surface area contributed by atoms with Crippen molar-refractivity contribution in [1.82, 2.24) is 24.6 Å². The fraction of sp³-hybridized carbons (Fsp3) is 0.250. The maximum atomic E-state index is 4.58. The summed E-state index contributed by atoms with van der Waals surface area (Å²) in [4.78, 5) is 14.0. The molecule has 1 N–H and O–H groups in total. The zero-order chi connectivity index (χ0) is 12.4. The van der Waals surface area contributed by atoms with E-state index in [9.17, 15) is 0 Å². The summed E-state index contributed by atoms with van der Waals surface area (Å²) in [5, 5.41) is 4.14. The van der Waals surface area contributed by atoms with Gasteiger partial charge in [-0.25, -0.2) is 14.5 Å². The van der Waals surface area contributed by atoms with Gasteiger partial charge in [-0.3, -0.25) is 4.90 Å². The molecule has 0 saturated heterocycles. The summed E-state index contributed by atoms with van der Waals surface area (Å²) in [5.41, 5.74) is 0.833. The second-order valence-corrected chi connectivity index (χ2v) is 3.98. The summed E-state index contributed by atoms with van der Waals surface area (Å²) in [5.74, 6) is 1.69. The monoisotopic (exact) mass is 242 g/mol. The second-order valence-electron chi connectivity index (χ2n) is 3.98. The summed E-state index contributed by atoms with van der Waals surface area (Å²) in [7, 11) is 0. The van der Waals surface area contributed by atoms with Gasteiger partial charge >= 0.3 is 0 Å². The zero-order valence-corrected chi connectivity index (χ0v) is 10.1. The molecule has 0 amide bonds. The second kappa shape index (κ2) is 4.48. The number of H-pyrrole nitrogens is 1. The lowest BCUT2D eigenvalue weighted by Crippen LogP contribution is -2.20. The first kappa shape index (κ1) is 10.8. The van der Waals surface area contributed by atoms with Gasteiger partial charge in [0.25, 0.3) is 0 Å². The first-order valence-electron chi connectivity index (χ1n) is 5.96. The molecule has 0 unspecified atom stereocenters. The number of aromatic amines is 1. The molecule has 0 saturated carbocycles. The van der Waals surface area contributed by atoms with E-state index >= 15 is 0 Å². The van der Waals surface area contributed by atoms with E-state index in [1.54, 1.807) is 16.9 Å². The van der Waals surface area contributed by atoms with Crippen molar-refractivity contribution in [3.8, 4) is 0 Å². The molecule has 6 nitrogen and oxygen atoms in total. The van der Waals surface area contributed by atoms with Crippen LogP contribution in [0.4, 0.5) is 11.8 Å². The highest BCUT2D eigenvalue weighted by Gasteiger charge is 2.12. The molecule has 0 bridgehead atoms. The van der Waals surface area contributed by atoms with Crippen LogP contribution in [0.25, 0.3) is 5.65 Å². The molecule has 0 aliphatic heterocycles. The van der Waals surface area contributed by atoms with Crippen molar-refractivity contribution in [2.45, 2.75) is 13.3 Å². The summed E-state index contributed by atoms with van der Waals surface area (Å²) in [6.07, 6.45) is 8.23. The number of hydrogen-bond acceptors (Lipinski definition) is 4. The summed E-state index contributed by atoms with van der Waals surface area (Å²) in [6, 6.07) is 3.83. The van der Waals surface area contributed by atoms with Gasteiger partial charge in [0.2, 0.25) is 5.95 Å². The molecule has 18 heavy (non-hydrogen) atoms. The first-order valence-corrected chi connectivity index (χ1v) is 5.96. The minimum absolute atomic E-state index is 0.813. The lowest BCUT2D eigenvalue weighted by molar-refractivity contribution is 0.841. The molecule has 0 aliphatic carbocycles. The van der Waals surface area contributed by atoms with Crippen molar-refractivity contribution in [1.29, 1.82) is 0 Å². The quantitative estimate of drug-likeness (QED) is 0.760. The number of fused-ring (bicyclic) bond motifs is 1. The molecule has 92 valence electrons. The third-order valence-corrected chi connectivity index (χ3v) is 2.71. The van der Waals surface area contributed by atoms with Crippen LogP contribution in [0.5, 0.6) is 0 Å². The molecular formula is C12H14N6. The van der Waals surface area contributed by atoms with Crippen molar-refractivity contribution in [2.75, 3.05) is 11.4 Å². The number of anilines is 2. The standard InChI is InChI=1S/C12H14N6/c1-2-8-17(12-13-6-7-14-12)10-4-9-18-11(16-10)3-5-15-18/h3-7,9H,2,8H2,1H3,(H,13,14). The maximum Gasteiger partial charge on any atom is 0.208 e. The Morgan fingerprint density at radius 1 is 1.33 bits per heavy atom. The average Bonchev–Trinajstić information content (AvgIpc) is 3.05. The van der Waals surface area contributed by atoms with E-state index in [-0.39, 0.29) is 0 Å². The van der Waals surface area contributed by atoms with Gasteiger partial charge in [0.1, 0.15) is 5.82 Å². The summed E-state index contributed by atoms with van der Waals surface area (Å²) in [6.45, 7) is 3.00. The van der Waals surface area contributed by atoms with E-state index in [1.807, 2.05) is 24.5 Å². The number of rotatable bonds is 4. The van der Waals surface area contributed by atoms with E-state index in [2.05, 4.69) is 31.9 Å². The van der Waals surface area contributed by atoms with Crippen LogP contribution in [0, 0.1) is 0 Å². The molecule has 0 fully saturated rings. The lowest BCUT2D eigenvalue weighted by atomic mass is 10.4. The molecular weight excluding hydrogens is 228 g/mol. The topological polar surface area (TPSA) is 62.1 Å². The molecule has 3 aromatic rings. The van der Waals surface area contributed by atoms with Crippen LogP contribution in [0.3, 0.4) is 0 Å². The van der Waals surface area contributed by atoms with Gasteiger partial charge in [-0.1, -0.05) is 6.92 Å². The third kappa shape index (κ3) is 1.81. The molecule has 3 rings (SSSR count). The Kier molecular flexibility index (Phi) is 2.68. The van der Waals surface area contributed by atoms with E-state index < -0.39 is 0 Å². The minimum atomic E-state index is 0.813. The molecule has 3 aromatic heterocycles. The molecule has 0 aromatic carbocycles. The molecule has 0 atom stereocenters. The van der Waals surface area contributed by atoms with E-state index in [0.717, 1.165) is 30.4 Å². The highest BCUT2D eigenvalue weighted by molar-refractivity contribution is 5.55. The van der Waals surface area contributed by atoms with Gasteiger partial charge in [0, 0.05) is 31.2 Å². The van der Waals surface area contributed by atoms with Gasteiger partial charge in [0.15, 0.2) is 5.65 Å². The van der Waals surface area contributed by atoms with Crippen LogP contribution in [0.15, 0.2) is 36.9 Å². The average molecular weight is 242 g/mol. The van der Waals surface area contributed by atoms with Crippen LogP contribution < -0.4 is 4.90 Å². The fourth-order valence-corrected chi connectivity index (χ4v) is 1.91. The van der Waals surface area contributed by atoms with Crippen molar-refractivity contribution in [2.24, 2.45) is 0 Å². The zero-order valence-electron chi connectivity index (χ0n) is 10.1. The maximum absolute atomic E-state index is 4.58. The van der Waals surface area contributed by atoms with Gasteiger partial charge in [-0.2, -0.15) is 5.10 Å². The first-order chi connectivity index (χ1) is 8.88. The highest BCUT2D eigenvalue weighted by Crippen LogP contribution is 2.20. The Bertz CT molecular complexity index is 627. The highest BCUT2D eigenvalue weighted by atomic mass is 15.3. The van der Waals surface area contributed by atoms with Crippen LogP contribution in [0.1, 0.15) is 13.3 Å². The van der Waals surface area contributed by atoms with E-state index in [4.69, 9.17) is 0 Å². The summed E-state index contributed by atoms with van der Waals surface area (Å²) < 4.78 is 1.75. The number of aromatic nitrogens is 5. The SMILES string of the molecule is CCCN(c1ccn2nccc2n1)c1ncc[nH]1. The Balaban J connectivity index is 2.03. The van der Waals surface area contributed by atoms with Gasteiger partial charge in [0.05, 0.1) is 6.20 Å². The Morgan fingerprint density at radius 3 is 3.06 bits per heavy atom. The van der Waals surface area contributed by atoms with Gasteiger partial charge in [-0.15, -0.1) is 0 Å². The van der Waals surface area contributed by atoms with E-state index in [0.29, 0.717) is 0 Å². The Hall–Kier alpha value is -2.37. The Morgan fingerprint density at radius 2 is 2.28 bits per heavy atom. The number of nitrogens with zero attached hydrogens (tertiary/aromatic N) is 5. The fourth-order valence-electron chi connectivity index (χ4n) is 1.91. The smallest absolute Gasteiger partial charge is 0.208 e. The summed E-state index contributed by atoms with van der Waals surface area (Å²) >= 11 is 0. The van der Waals surface area contributed by atoms with Crippen LogP contribution >= 0.6 is 0 Å². The number of hydrogen-bond donors (Lipinski definition) is 1. The van der Waals surface area contributed by atoms with Crippen LogP contribution in [-0.2, 0) is 0 Å². The van der Waals surface area contributed by atoms with Crippen molar-refractivity contribution < 1.29 is 0 Å². The van der Waals surface area contributed by atoms with Crippen molar-refractivity contribution in [3.63, 3.8) is 0 Å². The molecule has 0 radical (unpaired) electrons. The normalized spacial score (nSPS) is 10.9. The number of imidazole rings is 1. The Labute approximate surface area is 104 Å². The molecule has 0 spiro atoms. The van der Waals surface area contributed by atoms with Crippen molar-refractivity contribution >= 4 is 17.4 Å². The number of nitrogens with one attached hydrogen (secondary N) is 1. The molecule has 6 heteroatoms. The molecule has 0 aliphatic rings. The third-order valence-electron chi connectivity index (χ3n) is 2.71. The van der Waals surface area contributed by atoms with E-state index in [1.165, 1.54) is 0 Å².